The number of H-pyrrole nitrogens is 1. The Kier molecular flexibility index (Phi) is 31.8. The third-order valence-electron chi connectivity index (χ3n) is 21.6. The van der Waals surface area contributed by atoms with E-state index in [2.05, 4.69) is 120 Å². The Morgan fingerprint density at radius 3 is 1.03 bits per heavy atom. The van der Waals surface area contributed by atoms with E-state index >= 15 is 0 Å². The second kappa shape index (κ2) is 41.0. The van der Waals surface area contributed by atoms with E-state index in [1.807, 2.05) is 0 Å². The number of nitrogens with one attached hydrogen (secondary N) is 1. The summed E-state index contributed by atoms with van der Waals surface area (Å²) in [4.78, 5) is 40.1. The van der Waals surface area contributed by atoms with Crippen LogP contribution in [0.25, 0.3) is 89.7 Å². The summed E-state index contributed by atoms with van der Waals surface area (Å²) in [5, 5.41) is 4.80. The fourth-order valence-electron chi connectivity index (χ4n) is 16.1. The number of fused-ring (bicyclic) bond motifs is 20. The zero-order valence-electron chi connectivity index (χ0n) is 62.3. The molecule has 5 heterocycles. The highest BCUT2D eigenvalue weighted by Crippen LogP contribution is 2.45. The standard InChI is InChI=1S/C88H130N8/c1-9-17-25-33-41-53-66-65-77-78(70(57-45-37-29-21-13-5)67(66)54-42-34-26-18-10-2)84-91-83(77)95-88-76-63-51-50-62-75(76)87(96(88)64-52-40-32-24-16-8)94-82-74-61-49-48-60-73(74)81(89-82)90-85-79-71(58-46-38-30-22-14-6)68(55-43-35-27-19-11-3)69(56-44-36-28-20-12-4)72(59-47-39-31-23-15-7)80(79)86(92-84)93-85/h48-51,60-63,65H,9-47,52-59,64H2,1-8H3,(H,89,90,91,92,93,94,95). The Labute approximate surface area is 583 Å². The average molecular weight is 1300 g/mol. The van der Waals surface area contributed by atoms with E-state index in [0.29, 0.717) is 0 Å². The Hall–Kier alpha value is -5.76. The van der Waals surface area contributed by atoms with Crippen LogP contribution in [0.2, 0.25) is 0 Å². The molecule has 522 valence electrons. The third-order valence-corrected chi connectivity index (χ3v) is 21.6. The molecule has 0 saturated carbocycles. The van der Waals surface area contributed by atoms with Gasteiger partial charge in [-0.05, 0) is 141 Å². The number of rotatable bonds is 48. The zero-order valence-corrected chi connectivity index (χ0v) is 62.3. The first-order valence-corrected chi connectivity index (χ1v) is 40.8. The summed E-state index contributed by atoms with van der Waals surface area (Å²) in [5.41, 5.74) is 19.1. The van der Waals surface area contributed by atoms with Gasteiger partial charge in [0.2, 0.25) is 0 Å². The topological polar surface area (TPSA) is 98.1 Å². The highest BCUT2D eigenvalue weighted by Gasteiger charge is 2.31. The lowest BCUT2D eigenvalue weighted by Gasteiger charge is -2.22. The van der Waals surface area contributed by atoms with Gasteiger partial charge in [0.25, 0.3) is 0 Å². The number of hydrogen-bond donors (Lipinski definition) is 1. The van der Waals surface area contributed by atoms with Gasteiger partial charge in [-0.25, -0.2) is 29.9 Å². The van der Waals surface area contributed by atoms with Crippen molar-refractivity contribution in [1.29, 1.82) is 0 Å². The monoisotopic (exact) mass is 1300 g/mol. The molecule has 1 N–H and O–H groups in total. The summed E-state index contributed by atoms with van der Waals surface area (Å²) < 4.78 is 2.45. The van der Waals surface area contributed by atoms with Crippen LogP contribution in [-0.2, 0) is 51.5 Å². The van der Waals surface area contributed by atoms with Crippen molar-refractivity contribution in [1.82, 2.24) is 39.5 Å². The Morgan fingerprint density at radius 2 is 0.604 bits per heavy atom. The van der Waals surface area contributed by atoms with E-state index in [1.165, 1.54) is 282 Å². The van der Waals surface area contributed by atoms with Gasteiger partial charge in [0.05, 0.1) is 0 Å². The molecule has 8 bridgehead atoms. The maximum Gasteiger partial charge on any atom is 0.165 e. The van der Waals surface area contributed by atoms with Crippen molar-refractivity contribution in [2.75, 3.05) is 0 Å². The molecule has 0 amide bonds. The van der Waals surface area contributed by atoms with Crippen molar-refractivity contribution in [2.45, 2.75) is 364 Å². The van der Waals surface area contributed by atoms with Gasteiger partial charge in [-0.3, -0.25) is 0 Å². The third kappa shape index (κ3) is 19.8. The minimum Gasteiger partial charge on any atom is -0.324 e. The van der Waals surface area contributed by atoms with E-state index in [-0.39, 0.29) is 0 Å². The van der Waals surface area contributed by atoms with E-state index in [4.69, 9.17) is 29.9 Å². The fraction of sp³-hybridized carbons (Fsp3) is 0.636. The smallest absolute Gasteiger partial charge is 0.165 e. The largest absolute Gasteiger partial charge is 0.324 e. The van der Waals surface area contributed by atoms with Gasteiger partial charge in [0.1, 0.15) is 22.6 Å². The molecule has 0 radical (unpaired) electrons. The number of benzene rings is 4. The van der Waals surface area contributed by atoms with Gasteiger partial charge in [-0.1, -0.05) is 309 Å². The zero-order chi connectivity index (χ0) is 67.1. The molecule has 96 heavy (non-hydrogen) atoms. The molecule has 3 aromatic heterocycles. The Balaban J connectivity index is 1.48. The van der Waals surface area contributed by atoms with Crippen molar-refractivity contribution in [3.63, 3.8) is 0 Å². The molecule has 0 atom stereocenters. The summed E-state index contributed by atoms with van der Waals surface area (Å²) >= 11 is 0. The van der Waals surface area contributed by atoms with Crippen LogP contribution < -0.4 is 0 Å². The molecule has 0 fully saturated rings. The summed E-state index contributed by atoms with van der Waals surface area (Å²) in [6.07, 6.45) is 57.4. The Morgan fingerprint density at radius 1 is 0.281 bits per heavy atom. The van der Waals surface area contributed by atoms with Crippen LogP contribution in [0.15, 0.2) is 54.6 Å². The minimum atomic E-state index is 0.717. The van der Waals surface area contributed by atoms with Crippen LogP contribution in [-0.4, -0.2) is 39.5 Å². The molecule has 0 spiro atoms. The van der Waals surface area contributed by atoms with Gasteiger partial charge in [0, 0.05) is 50.3 Å². The number of hydrogen-bond acceptors (Lipinski definition) is 6. The van der Waals surface area contributed by atoms with Crippen molar-refractivity contribution in [3.8, 4) is 45.6 Å². The predicted octanol–water partition coefficient (Wildman–Crippen LogP) is 26.9. The van der Waals surface area contributed by atoms with Gasteiger partial charge in [-0.2, -0.15) is 0 Å². The SMILES string of the molecule is CCCCCCCc1cc2c(c(CCCCCCC)c1CCCCCCC)-c1nc-2nc2c3ccccc3c(nc3nc(nc4[nH]c(n1)c1c(CCCCCCC)c(CCCCCCC)c(CCCCCCC)c(CCCCCCC)c41)-c1ccccc1-3)n2CCCCCCC. The molecule has 2 aliphatic rings. The number of nitrogens with zero attached hydrogens (tertiary/aromatic N) is 7. The van der Waals surface area contributed by atoms with Crippen LogP contribution in [0.3, 0.4) is 0 Å². The molecule has 0 unspecified atom stereocenters. The lowest BCUT2D eigenvalue weighted by atomic mass is 9.82. The summed E-state index contributed by atoms with van der Waals surface area (Å²) in [5.74, 6) is 3.08. The summed E-state index contributed by atoms with van der Waals surface area (Å²) in [6, 6.07) is 20.3. The lowest BCUT2D eigenvalue weighted by Crippen LogP contribution is -2.08. The quantitative estimate of drug-likeness (QED) is 0.0382. The maximum absolute atomic E-state index is 6.29. The highest BCUT2D eigenvalue weighted by molar-refractivity contribution is 6.10. The van der Waals surface area contributed by atoms with Crippen LogP contribution >= 0.6 is 0 Å². The number of aromatic nitrogens is 8. The highest BCUT2D eigenvalue weighted by atomic mass is 15.1. The van der Waals surface area contributed by atoms with Crippen molar-refractivity contribution < 1.29 is 0 Å². The van der Waals surface area contributed by atoms with Gasteiger partial charge in [-0.15, -0.1) is 0 Å². The molecule has 4 aromatic carbocycles. The first kappa shape index (κ1) is 74.5. The molecular weight excluding hydrogens is 1170 g/mol. The van der Waals surface area contributed by atoms with E-state index in [9.17, 15) is 0 Å². The predicted molar refractivity (Wildman–Crippen MR) is 416 cm³/mol. The molecule has 8 heteroatoms. The number of aromatic amines is 1. The van der Waals surface area contributed by atoms with E-state index < -0.39 is 0 Å². The molecular formula is C88H130N8. The van der Waals surface area contributed by atoms with Crippen LogP contribution in [0, 0.1) is 0 Å². The van der Waals surface area contributed by atoms with Crippen molar-refractivity contribution in [3.05, 3.63) is 93.5 Å². The van der Waals surface area contributed by atoms with Crippen molar-refractivity contribution >= 4 is 44.1 Å². The van der Waals surface area contributed by atoms with Crippen molar-refractivity contribution in [2.24, 2.45) is 0 Å². The van der Waals surface area contributed by atoms with Gasteiger partial charge < -0.3 is 9.55 Å². The number of aryl methyl sites for hydroxylation is 4. The fourth-order valence-corrected chi connectivity index (χ4v) is 16.1. The summed E-state index contributed by atoms with van der Waals surface area (Å²) in [7, 11) is 0. The normalized spacial score (nSPS) is 12.1. The Bertz CT molecular complexity index is 3650. The average Bonchev–Trinajstić information content (AvgIpc) is 1.55. The van der Waals surface area contributed by atoms with Crippen LogP contribution in [0.1, 0.15) is 351 Å². The molecule has 0 aliphatic carbocycles. The second-order valence-corrected chi connectivity index (χ2v) is 29.3. The lowest BCUT2D eigenvalue weighted by molar-refractivity contribution is 0.581. The molecule has 2 aliphatic heterocycles. The molecule has 0 saturated heterocycles. The van der Waals surface area contributed by atoms with Crippen LogP contribution in [0.5, 0.6) is 0 Å². The maximum atomic E-state index is 6.29. The second-order valence-electron chi connectivity index (χ2n) is 29.3. The van der Waals surface area contributed by atoms with E-state index in [1.54, 1.807) is 16.7 Å². The van der Waals surface area contributed by atoms with Crippen LogP contribution in [0.4, 0.5) is 0 Å². The molecule has 7 aromatic rings. The van der Waals surface area contributed by atoms with E-state index in [0.717, 1.165) is 139 Å². The van der Waals surface area contributed by atoms with Gasteiger partial charge in [0.15, 0.2) is 23.3 Å². The molecule has 9 rings (SSSR count). The number of unbranched alkanes of at least 4 members (excludes halogenated alkanes) is 32. The molecule has 8 nitrogen and oxygen atoms in total. The first-order valence-electron chi connectivity index (χ1n) is 40.8. The minimum absolute atomic E-state index is 0.717. The first-order chi connectivity index (χ1) is 47.4. The summed E-state index contributed by atoms with van der Waals surface area (Å²) in [6.45, 7) is 19.6. The van der Waals surface area contributed by atoms with Gasteiger partial charge >= 0.3 is 0 Å².